The van der Waals surface area contributed by atoms with E-state index in [0.29, 0.717) is 5.56 Å². The van der Waals surface area contributed by atoms with Gasteiger partial charge in [-0.1, -0.05) is 48.5 Å². The van der Waals surface area contributed by atoms with Crippen molar-refractivity contribution < 1.29 is 9.63 Å². The number of para-hydroxylation sites is 1. The number of pyridine rings is 1. The number of nitrogens with one attached hydrogen (secondary N) is 2. The Hall–Kier alpha value is -3.28. The van der Waals surface area contributed by atoms with Crippen molar-refractivity contribution in [2.75, 3.05) is 5.43 Å². The molecule has 0 aliphatic carbocycles. The minimum atomic E-state index is -0.654. The molecule has 4 aromatic rings. The lowest BCUT2D eigenvalue weighted by Gasteiger charge is -2.18. The average molecular weight is 399 g/mol. The van der Waals surface area contributed by atoms with Crippen molar-refractivity contribution in [1.82, 2.24) is 10.6 Å². The first-order chi connectivity index (χ1) is 14.5. The highest BCUT2D eigenvalue weighted by atomic mass is 16.7. The minimum Gasteiger partial charge on any atom is -0.297 e. The first-order valence-electron chi connectivity index (χ1n) is 10.0. The molecule has 3 aromatic carbocycles. The molecule has 0 saturated carbocycles. The number of hydrogen-bond donors (Lipinski definition) is 2. The second kappa shape index (κ2) is 8.22. The van der Waals surface area contributed by atoms with Crippen molar-refractivity contribution in [1.29, 1.82) is 0 Å². The fourth-order valence-corrected chi connectivity index (χ4v) is 3.71. The number of benzene rings is 3. The van der Waals surface area contributed by atoms with Crippen molar-refractivity contribution >= 4 is 33.3 Å². The number of hydrogen-bond acceptors (Lipinski definition) is 5. The lowest BCUT2D eigenvalue weighted by atomic mass is 9.98. The summed E-state index contributed by atoms with van der Waals surface area (Å²) in [5.41, 5.74) is 12.5. The number of aromatic nitrogens is 1. The Kier molecular flexibility index (Phi) is 5.48. The summed E-state index contributed by atoms with van der Waals surface area (Å²) >= 11 is 0. The number of fused-ring (bicyclic) bond motifs is 2. The Labute approximate surface area is 176 Å². The van der Waals surface area contributed by atoms with E-state index in [4.69, 9.17) is 9.82 Å². The molecule has 0 aliphatic heterocycles. The van der Waals surface area contributed by atoms with E-state index in [1.807, 2.05) is 68.4 Å². The third kappa shape index (κ3) is 3.65. The number of ketones is 1. The van der Waals surface area contributed by atoms with E-state index in [1.54, 1.807) is 6.92 Å². The molecule has 0 aliphatic rings. The average Bonchev–Trinajstić information content (AvgIpc) is 2.74. The van der Waals surface area contributed by atoms with Crippen LogP contribution in [-0.4, -0.2) is 16.9 Å². The first kappa shape index (κ1) is 20.0. The monoisotopic (exact) mass is 399 g/mol. The van der Waals surface area contributed by atoms with Crippen LogP contribution in [-0.2, 0) is 4.84 Å². The molecule has 4 rings (SSSR count). The molecule has 0 amide bonds. The van der Waals surface area contributed by atoms with Gasteiger partial charge < -0.3 is 0 Å². The zero-order chi connectivity index (χ0) is 21.3. The fraction of sp³-hybridized carbons (Fsp3) is 0.200. The maximum Gasteiger partial charge on any atom is 0.193 e. The Balaban J connectivity index is 1.59. The smallest absolute Gasteiger partial charge is 0.193 e. The molecule has 1 unspecified atom stereocenters. The summed E-state index contributed by atoms with van der Waals surface area (Å²) in [5, 5.41) is 1.99. The summed E-state index contributed by atoms with van der Waals surface area (Å²) in [7, 11) is 0. The number of rotatable bonds is 6. The molecule has 1 heterocycles. The van der Waals surface area contributed by atoms with Crippen molar-refractivity contribution in [2.24, 2.45) is 0 Å². The van der Waals surface area contributed by atoms with Crippen LogP contribution in [0.3, 0.4) is 0 Å². The van der Waals surface area contributed by atoms with Gasteiger partial charge in [-0.05, 0) is 56.5 Å². The molecular weight excluding hydrogens is 374 g/mol. The predicted molar refractivity (Wildman–Crippen MR) is 122 cm³/mol. The van der Waals surface area contributed by atoms with Gasteiger partial charge in [0.15, 0.2) is 5.78 Å². The lowest BCUT2D eigenvalue weighted by molar-refractivity contribution is 0.00515. The van der Waals surface area contributed by atoms with E-state index in [1.165, 1.54) is 0 Å². The Morgan fingerprint density at radius 3 is 2.43 bits per heavy atom. The molecule has 30 heavy (non-hydrogen) atoms. The largest absolute Gasteiger partial charge is 0.297 e. The van der Waals surface area contributed by atoms with Gasteiger partial charge in [0.05, 0.1) is 16.7 Å². The summed E-state index contributed by atoms with van der Waals surface area (Å²) in [5.74, 6) is -0.0638. The quantitative estimate of drug-likeness (QED) is 0.257. The number of carbonyl (C=O) groups is 1. The maximum absolute atomic E-state index is 12.8. The predicted octanol–water partition coefficient (Wildman–Crippen LogP) is 5.43. The van der Waals surface area contributed by atoms with Crippen LogP contribution in [0, 0.1) is 20.8 Å². The summed E-state index contributed by atoms with van der Waals surface area (Å²) in [6, 6.07) is 19.7. The number of anilines is 1. The fourth-order valence-electron chi connectivity index (χ4n) is 3.71. The number of aryl methyl sites for hydroxylation is 2. The normalized spacial score (nSPS) is 12.3. The second-order valence-corrected chi connectivity index (χ2v) is 7.57. The van der Waals surface area contributed by atoms with Crippen molar-refractivity contribution in [3.8, 4) is 0 Å². The van der Waals surface area contributed by atoms with Crippen LogP contribution >= 0.6 is 0 Å². The van der Waals surface area contributed by atoms with Crippen LogP contribution in [0.15, 0.2) is 60.7 Å². The zero-order valence-corrected chi connectivity index (χ0v) is 17.6. The highest BCUT2D eigenvalue weighted by molar-refractivity contribution is 6.08. The Morgan fingerprint density at radius 2 is 1.60 bits per heavy atom. The van der Waals surface area contributed by atoms with Gasteiger partial charge in [-0.3, -0.25) is 15.1 Å². The maximum atomic E-state index is 12.8. The van der Waals surface area contributed by atoms with E-state index in [9.17, 15) is 4.79 Å². The third-order valence-corrected chi connectivity index (χ3v) is 5.57. The molecule has 1 atom stereocenters. The van der Waals surface area contributed by atoms with Crippen molar-refractivity contribution in [3.05, 3.63) is 82.9 Å². The van der Waals surface area contributed by atoms with E-state index in [-0.39, 0.29) is 5.78 Å². The molecule has 0 saturated heterocycles. The molecule has 0 bridgehead atoms. The van der Waals surface area contributed by atoms with Gasteiger partial charge in [0.2, 0.25) is 0 Å². The third-order valence-electron chi connectivity index (χ3n) is 5.57. The van der Waals surface area contributed by atoms with Gasteiger partial charge in [-0.15, -0.1) is 5.59 Å². The molecule has 152 valence electrons. The number of nitrogens with zero attached hydrogens (tertiary/aromatic N) is 1. The summed E-state index contributed by atoms with van der Waals surface area (Å²) < 4.78 is 0. The first-order valence-corrected chi connectivity index (χ1v) is 10.0. The van der Waals surface area contributed by atoms with Gasteiger partial charge in [0.25, 0.3) is 0 Å². The van der Waals surface area contributed by atoms with Crippen LogP contribution in [0.25, 0.3) is 21.8 Å². The van der Waals surface area contributed by atoms with Gasteiger partial charge in [0.1, 0.15) is 6.10 Å². The van der Waals surface area contributed by atoms with E-state index in [2.05, 4.69) is 24.0 Å². The zero-order valence-electron chi connectivity index (χ0n) is 17.6. The molecule has 0 radical (unpaired) electrons. The Morgan fingerprint density at radius 1 is 0.900 bits per heavy atom. The number of carbonyl (C=O) groups excluding carboxylic acids is 1. The summed E-state index contributed by atoms with van der Waals surface area (Å²) in [4.78, 5) is 23.3. The van der Waals surface area contributed by atoms with Crippen LogP contribution < -0.4 is 11.0 Å². The highest BCUT2D eigenvalue weighted by Gasteiger charge is 2.19. The minimum absolute atomic E-state index is 0.0638. The molecule has 5 heteroatoms. The lowest BCUT2D eigenvalue weighted by Crippen LogP contribution is -2.32. The van der Waals surface area contributed by atoms with E-state index >= 15 is 0 Å². The number of hydrazine groups is 1. The second-order valence-electron chi connectivity index (χ2n) is 7.57. The van der Waals surface area contributed by atoms with Gasteiger partial charge in [0, 0.05) is 16.3 Å². The van der Waals surface area contributed by atoms with Crippen molar-refractivity contribution in [2.45, 2.75) is 33.8 Å². The summed E-state index contributed by atoms with van der Waals surface area (Å²) in [6.45, 7) is 7.75. The highest BCUT2D eigenvalue weighted by Crippen LogP contribution is 2.32. The van der Waals surface area contributed by atoms with Crippen LogP contribution in [0.4, 0.5) is 5.69 Å². The van der Waals surface area contributed by atoms with Gasteiger partial charge >= 0.3 is 0 Å². The Bertz CT molecular complexity index is 1250. The van der Waals surface area contributed by atoms with Crippen LogP contribution in [0.2, 0.25) is 0 Å². The van der Waals surface area contributed by atoms with Crippen molar-refractivity contribution in [3.63, 3.8) is 0 Å². The van der Waals surface area contributed by atoms with Gasteiger partial charge in [-0.2, -0.15) is 0 Å². The van der Waals surface area contributed by atoms with Crippen LogP contribution in [0.5, 0.6) is 0 Å². The molecule has 0 fully saturated rings. The summed E-state index contributed by atoms with van der Waals surface area (Å²) in [6.07, 6.45) is -0.654. The van der Waals surface area contributed by atoms with Crippen LogP contribution in [0.1, 0.15) is 34.0 Å². The van der Waals surface area contributed by atoms with E-state index in [0.717, 1.165) is 44.2 Å². The SMILES string of the molecule is Cc1cccc(C(=O)C(C)ONNc2c3ccccc3nc3cccc(C)c23)c1C. The standard InChI is InChI=1S/C25H25N3O2/c1-15-9-7-12-19(17(15)3)25(29)18(4)30-28-27-24-20-11-5-6-13-21(20)26-22-14-8-10-16(2)23(22)24/h5-14,18,28H,1-4H3,(H,26,27). The number of Topliss-reactive ketones (excluding diaryl/α,β-unsaturated/α-hetero) is 1. The molecule has 0 spiro atoms. The van der Waals surface area contributed by atoms with Gasteiger partial charge in [-0.25, -0.2) is 4.98 Å². The molecule has 2 N–H and O–H groups in total. The topological polar surface area (TPSA) is 63.2 Å². The van der Waals surface area contributed by atoms with E-state index < -0.39 is 6.10 Å². The molecule has 1 aromatic heterocycles. The molecular formula is C25H25N3O2. The molecule has 5 nitrogen and oxygen atoms in total.